The number of carbonyl (C=O) groups excluding carboxylic acids is 1. The first-order valence-electron chi connectivity index (χ1n) is 12.3. The molecule has 1 aliphatic heterocycles. The van der Waals surface area contributed by atoms with Gasteiger partial charge in [-0.05, 0) is 44.7 Å². The molecule has 9 nitrogen and oxygen atoms in total. The molecule has 0 N–H and O–H groups in total. The van der Waals surface area contributed by atoms with Crippen LogP contribution in [0.4, 0.5) is 23.0 Å². The quantitative estimate of drug-likeness (QED) is 0.249. The van der Waals surface area contributed by atoms with Crippen LogP contribution in [0.3, 0.4) is 0 Å². The van der Waals surface area contributed by atoms with Crippen LogP contribution in [-0.4, -0.2) is 46.6 Å². The monoisotopic (exact) mass is 469 g/mol. The first kappa shape index (κ1) is 25.4. The highest BCUT2D eigenvalue weighted by molar-refractivity contribution is 5.77. The number of rotatable bonds is 11. The first-order valence-corrected chi connectivity index (χ1v) is 12.3. The van der Waals surface area contributed by atoms with E-state index in [0.717, 1.165) is 31.4 Å². The van der Waals surface area contributed by atoms with Gasteiger partial charge in [-0.15, -0.1) is 0 Å². The summed E-state index contributed by atoms with van der Waals surface area (Å²) in [5.41, 5.74) is 0.793. The van der Waals surface area contributed by atoms with Crippen LogP contribution in [0.5, 0.6) is 0 Å². The summed E-state index contributed by atoms with van der Waals surface area (Å²) in [6, 6.07) is 9.82. The van der Waals surface area contributed by atoms with E-state index in [0.29, 0.717) is 44.2 Å². The predicted molar refractivity (Wildman–Crippen MR) is 132 cm³/mol. The van der Waals surface area contributed by atoms with Crippen molar-refractivity contribution in [2.24, 2.45) is 5.92 Å². The van der Waals surface area contributed by atoms with E-state index < -0.39 is 0 Å². The SMILES string of the molecule is CCCC(CCC)N(c1ccccc1)c1ncnc(N2CCC(C(=O)OCC)CC2)c1[N+](=O)[O-]. The lowest BCUT2D eigenvalue weighted by Crippen LogP contribution is -2.38. The standard InChI is InChI=1S/C25H35N5O4/c1-4-10-20(11-5-2)29(21-12-8-7-9-13-21)24-22(30(32)33)23(26-18-27-24)28-16-14-19(15-17-28)25(31)34-6-3/h7-9,12-13,18-20H,4-6,10-11,14-17H2,1-3H3. The van der Waals surface area contributed by atoms with Gasteiger partial charge in [-0.2, -0.15) is 0 Å². The maximum atomic E-state index is 12.4. The molecule has 0 radical (unpaired) electrons. The second-order valence-electron chi connectivity index (χ2n) is 8.58. The van der Waals surface area contributed by atoms with Gasteiger partial charge in [0.1, 0.15) is 6.33 Å². The Hall–Kier alpha value is -3.23. The molecule has 2 aromatic rings. The minimum absolute atomic E-state index is 0.0772. The van der Waals surface area contributed by atoms with Gasteiger partial charge in [0.25, 0.3) is 0 Å². The Morgan fingerprint density at radius 2 is 1.79 bits per heavy atom. The third-order valence-electron chi connectivity index (χ3n) is 6.25. The molecule has 1 fully saturated rings. The Kier molecular flexibility index (Phi) is 9.18. The van der Waals surface area contributed by atoms with Gasteiger partial charge in [-0.25, -0.2) is 9.97 Å². The zero-order valence-corrected chi connectivity index (χ0v) is 20.4. The van der Waals surface area contributed by atoms with Crippen molar-refractivity contribution in [1.82, 2.24) is 9.97 Å². The number of hydrogen-bond acceptors (Lipinski definition) is 8. The van der Waals surface area contributed by atoms with E-state index in [1.165, 1.54) is 6.33 Å². The third kappa shape index (κ3) is 5.81. The van der Waals surface area contributed by atoms with Crippen LogP contribution in [0.15, 0.2) is 36.7 Å². The van der Waals surface area contributed by atoms with Gasteiger partial charge in [0.2, 0.25) is 11.6 Å². The second-order valence-corrected chi connectivity index (χ2v) is 8.58. The van der Waals surface area contributed by atoms with Crippen molar-refractivity contribution in [3.63, 3.8) is 0 Å². The van der Waals surface area contributed by atoms with Crippen molar-refractivity contribution < 1.29 is 14.5 Å². The number of carbonyl (C=O) groups is 1. The number of hydrogen-bond donors (Lipinski definition) is 0. The average molecular weight is 470 g/mol. The van der Waals surface area contributed by atoms with Crippen molar-refractivity contribution in [2.75, 3.05) is 29.5 Å². The fourth-order valence-electron chi connectivity index (χ4n) is 4.68. The van der Waals surface area contributed by atoms with E-state index in [1.807, 2.05) is 40.1 Å². The molecule has 0 saturated carbocycles. The number of anilines is 3. The highest BCUT2D eigenvalue weighted by atomic mass is 16.6. The molecular weight excluding hydrogens is 434 g/mol. The lowest BCUT2D eigenvalue weighted by molar-refractivity contribution is -0.383. The molecule has 0 unspecified atom stereocenters. The molecule has 184 valence electrons. The van der Waals surface area contributed by atoms with Gasteiger partial charge >= 0.3 is 11.7 Å². The average Bonchev–Trinajstić information content (AvgIpc) is 2.85. The fourth-order valence-corrected chi connectivity index (χ4v) is 4.68. The van der Waals surface area contributed by atoms with Gasteiger partial charge in [0.15, 0.2) is 0 Å². The Balaban J connectivity index is 2.01. The molecule has 0 spiro atoms. The zero-order valence-electron chi connectivity index (χ0n) is 20.4. The van der Waals surface area contributed by atoms with E-state index >= 15 is 0 Å². The summed E-state index contributed by atoms with van der Waals surface area (Å²) in [4.78, 5) is 36.9. The van der Waals surface area contributed by atoms with E-state index in [4.69, 9.17) is 4.74 Å². The van der Waals surface area contributed by atoms with Crippen LogP contribution in [0.2, 0.25) is 0 Å². The molecule has 0 atom stereocenters. The summed E-state index contributed by atoms with van der Waals surface area (Å²) in [5, 5.41) is 12.4. The minimum Gasteiger partial charge on any atom is -0.466 e. The molecule has 9 heteroatoms. The topological polar surface area (TPSA) is 102 Å². The van der Waals surface area contributed by atoms with Crippen molar-refractivity contribution in [3.8, 4) is 0 Å². The Labute approximate surface area is 201 Å². The number of esters is 1. The number of piperidine rings is 1. The Morgan fingerprint density at radius 3 is 2.35 bits per heavy atom. The summed E-state index contributed by atoms with van der Waals surface area (Å²) >= 11 is 0. The summed E-state index contributed by atoms with van der Waals surface area (Å²) in [6.07, 6.45) is 6.27. The van der Waals surface area contributed by atoms with Gasteiger partial charge in [0, 0.05) is 24.8 Å². The highest BCUT2D eigenvalue weighted by Gasteiger charge is 2.35. The minimum atomic E-state index is -0.368. The molecule has 34 heavy (non-hydrogen) atoms. The van der Waals surface area contributed by atoms with E-state index in [9.17, 15) is 14.9 Å². The zero-order chi connectivity index (χ0) is 24.5. The molecule has 1 aliphatic rings. The van der Waals surface area contributed by atoms with Gasteiger partial charge in [-0.3, -0.25) is 14.9 Å². The van der Waals surface area contributed by atoms with E-state index in [-0.39, 0.29) is 28.5 Å². The third-order valence-corrected chi connectivity index (χ3v) is 6.25. The highest BCUT2D eigenvalue weighted by Crippen LogP contribution is 2.41. The molecule has 0 bridgehead atoms. The number of para-hydroxylation sites is 1. The van der Waals surface area contributed by atoms with Crippen LogP contribution in [0, 0.1) is 16.0 Å². The number of benzene rings is 1. The van der Waals surface area contributed by atoms with E-state index in [1.54, 1.807) is 6.92 Å². The molecule has 0 aliphatic carbocycles. The lowest BCUT2D eigenvalue weighted by Gasteiger charge is -2.34. The van der Waals surface area contributed by atoms with Crippen LogP contribution >= 0.6 is 0 Å². The lowest BCUT2D eigenvalue weighted by atomic mass is 9.97. The van der Waals surface area contributed by atoms with E-state index in [2.05, 4.69) is 23.8 Å². The molecule has 2 heterocycles. The Morgan fingerprint density at radius 1 is 1.15 bits per heavy atom. The Bertz CT molecular complexity index is 942. The summed E-state index contributed by atoms with van der Waals surface area (Å²) < 4.78 is 5.16. The molecule has 0 amide bonds. The predicted octanol–water partition coefficient (Wildman–Crippen LogP) is 5.27. The normalized spacial score (nSPS) is 14.3. The fraction of sp³-hybridized carbons (Fsp3) is 0.560. The first-order chi connectivity index (χ1) is 16.5. The van der Waals surface area contributed by atoms with Crippen molar-refractivity contribution in [2.45, 2.75) is 65.3 Å². The number of aromatic nitrogens is 2. The van der Waals surface area contributed by atoms with Crippen LogP contribution in [0.1, 0.15) is 59.3 Å². The van der Waals surface area contributed by atoms with Crippen molar-refractivity contribution in [1.29, 1.82) is 0 Å². The molecule has 1 saturated heterocycles. The van der Waals surface area contributed by atoms with Crippen molar-refractivity contribution >= 4 is 29.0 Å². The summed E-state index contributed by atoms with van der Waals surface area (Å²) in [7, 11) is 0. The second kappa shape index (κ2) is 12.3. The maximum absolute atomic E-state index is 12.4. The molecule has 3 rings (SSSR count). The number of nitrogens with zero attached hydrogens (tertiary/aromatic N) is 5. The summed E-state index contributed by atoms with van der Waals surface area (Å²) in [6.45, 7) is 7.39. The number of ether oxygens (including phenoxy) is 1. The van der Waals surface area contributed by atoms with Gasteiger partial charge < -0.3 is 14.5 Å². The summed E-state index contributed by atoms with van der Waals surface area (Å²) in [5.74, 6) is 0.249. The molecular formula is C25H35N5O4. The number of nitro groups is 1. The van der Waals surface area contributed by atoms with Crippen LogP contribution in [-0.2, 0) is 9.53 Å². The van der Waals surface area contributed by atoms with Crippen LogP contribution < -0.4 is 9.80 Å². The smallest absolute Gasteiger partial charge is 0.354 e. The van der Waals surface area contributed by atoms with Crippen molar-refractivity contribution in [3.05, 3.63) is 46.8 Å². The van der Waals surface area contributed by atoms with Gasteiger partial charge in [-0.1, -0.05) is 44.9 Å². The van der Waals surface area contributed by atoms with Crippen LogP contribution in [0.25, 0.3) is 0 Å². The molecule has 1 aromatic heterocycles. The largest absolute Gasteiger partial charge is 0.466 e. The van der Waals surface area contributed by atoms with Gasteiger partial charge in [0.05, 0.1) is 17.4 Å². The maximum Gasteiger partial charge on any atom is 0.354 e. The molecule has 1 aromatic carbocycles.